The average Bonchev–Trinajstić information content (AvgIpc) is 3.37. The maximum atomic E-state index is 12.4. The monoisotopic (exact) mass is 373 g/mol. The van der Waals surface area contributed by atoms with Crippen molar-refractivity contribution in [2.75, 3.05) is 13.1 Å². The first kappa shape index (κ1) is 17.7. The predicted octanol–water partition coefficient (Wildman–Crippen LogP) is 3.16. The van der Waals surface area contributed by atoms with Crippen LogP contribution in [0, 0.1) is 6.92 Å². The fraction of sp³-hybridized carbons (Fsp3) is 0.632. The molecule has 140 valence electrons. The highest BCUT2D eigenvalue weighted by molar-refractivity contribution is 7.11. The second-order valence-corrected chi connectivity index (χ2v) is 8.95. The van der Waals surface area contributed by atoms with Crippen molar-refractivity contribution in [3.8, 4) is 0 Å². The average molecular weight is 374 g/mol. The van der Waals surface area contributed by atoms with Crippen molar-refractivity contribution in [1.82, 2.24) is 25.2 Å². The standard InChI is InChI=1S/C19H27N5OS/c1-14-8-9-17(26-14)12-23-10-4-7-16(11-23)24-13-18(21-22-24)19(25)20-15-5-2-3-6-15/h8-9,13,15-16H,2-7,10-12H2,1H3,(H,20,25). The summed E-state index contributed by atoms with van der Waals surface area (Å²) in [5.74, 6) is -0.0788. The molecule has 7 heteroatoms. The van der Waals surface area contributed by atoms with Crippen molar-refractivity contribution in [2.24, 2.45) is 0 Å². The molecule has 6 nitrogen and oxygen atoms in total. The van der Waals surface area contributed by atoms with E-state index in [4.69, 9.17) is 0 Å². The summed E-state index contributed by atoms with van der Waals surface area (Å²) >= 11 is 1.87. The van der Waals surface area contributed by atoms with Crippen molar-refractivity contribution in [2.45, 2.75) is 64.1 Å². The maximum absolute atomic E-state index is 12.4. The molecule has 0 aromatic carbocycles. The number of likely N-dealkylation sites (tertiary alicyclic amines) is 1. The fourth-order valence-corrected chi connectivity index (χ4v) is 5.00. The molecule has 1 N–H and O–H groups in total. The zero-order valence-corrected chi connectivity index (χ0v) is 16.2. The predicted molar refractivity (Wildman–Crippen MR) is 102 cm³/mol. The third-order valence-electron chi connectivity index (χ3n) is 5.46. The SMILES string of the molecule is Cc1ccc(CN2CCCC(n3cc(C(=O)NC4CCCC4)nn3)C2)s1. The highest BCUT2D eigenvalue weighted by Gasteiger charge is 2.25. The largest absolute Gasteiger partial charge is 0.348 e. The molecule has 4 rings (SSSR count). The summed E-state index contributed by atoms with van der Waals surface area (Å²) in [6, 6.07) is 5.02. The van der Waals surface area contributed by atoms with Gasteiger partial charge in [0.2, 0.25) is 0 Å². The van der Waals surface area contributed by atoms with Crippen molar-refractivity contribution >= 4 is 17.2 Å². The number of thiophene rings is 1. The summed E-state index contributed by atoms with van der Waals surface area (Å²) in [5.41, 5.74) is 0.447. The maximum Gasteiger partial charge on any atom is 0.273 e. The Morgan fingerprint density at radius 3 is 2.88 bits per heavy atom. The molecule has 0 radical (unpaired) electrons. The Morgan fingerprint density at radius 2 is 2.12 bits per heavy atom. The summed E-state index contributed by atoms with van der Waals surface area (Å²) in [6.45, 7) is 5.24. The minimum atomic E-state index is -0.0788. The lowest BCUT2D eigenvalue weighted by atomic mass is 10.1. The van der Waals surface area contributed by atoms with E-state index in [-0.39, 0.29) is 5.91 Å². The van der Waals surface area contributed by atoms with Crippen LogP contribution in [0.3, 0.4) is 0 Å². The molecule has 1 aliphatic carbocycles. The molecular formula is C19H27N5OS. The van der Waals surface area contributed by atoms with Crippen molar-refractivity contribution in [3.05, 3.63) is 33.8 Å². The van der Waals surface area contributed by atoms with Gasteiger partial charge in [0.1, 0.15) is 0 Å². The summed E-state index contributed by atoms with van der Waals surface area (Å²) in [6.07, 6.45) is 8.65. The van der Waals surface area contributed by atoms with Gasteiger partial charge < -0.3 is 5.32 Å². The van der Waals surface area contributed by atoms with Gasteiger partial charge in [-0.1, -0.05) is 18.1 Å². The number of rotatable bonds is 5. The molecule has 26 heavy (non-hydrogen) atoms. The Bertz CT molecular complexity index is 749. The number of aryl methyl sites for hydroxylation is 1. The molecule has 2 fully saturated rings. The molecule has 2 aliphatic rings. The fourth-order valence-electron chi connectivity index (χ4n) is 4.07. The quantitative estimate of drug-likeness (QED) is 0.874. The number of nitrogens with zero attached hydrogens (tertiary/aromatic N) is 4. The Balaban J connectivity index is 1.36. The summed E-state index contributed by atoms with van der Waals surface area (Å²) in [5, 5.41) is 11.5. The zero-order valence-electron chi connectivity index (χ0n) is 15.4. The minimum absolute atomic E-state index is 0.0788. The van der Waals surface area contributed by atoms with Gasteiger partial charge in [0.25, 0.3) is 5.91 Å². The smallest absolute Gasteiger partial charge is 0.273 e. The molecule has 1 saturated heterocycles. The first-order chi connectivity index (χ1) is 12.7. The molecule has 1 aliphatic heterocycles. The lowest BCUT2D eigenvalue weighted by molar-refractivity contribution is 0.0932. The van der Waals surface area contributed by atoms with Crippen LogP contribution >= 0.6 is 11.3 Å². The zero-order chi connectivity index (χ0) is 17.9. The number of carbonyl (C=O) groups excluding carboxylic acids is 1. The number of piperidine rings is 1. The van der Waals surface area contributed by atoms with Crippen molar-refractivity contribution in [1.29, 1.82) is 0 Å². The van der Waals surface area contributed by atoms with Gasteiger partial charge in [-0.05, 0) is 51.3 Å². The number of hydrogen-bond acceptors (Lipinski definition) is 5. The van der Waals surface area contributed by atoms with Crippen LogP contribution in [0.5, 0.6) is 0 Å². The second-order valence-electron chi connectivity index (χ2n) is 7.58. The van der Waals surface area contributed by atoms with Crippen LogP contribution in [0.2, 0.25) is 0 Å². The van der Waals surface area contributed by atoms with E-state index in [2.05, 4.69) is 39.6 Å². The van der Waals surface area contributed by atoms with E-state index < -0.39 is 0 Å². The van der Waals surface area contributed by atoms with Crippen LogP contribution in [0.4, 0.5) is 0 Å². The molecule has 2 aromatic heterocycles. The van der Waals surface area contributed by atoms with E-state index in [9.17, 15) is 4.79 Å². The van der Waals surface area contributed by atoms with Gasteiger partial charge in [0.05, 0.1) is 12.2 Å². The Morgan fingerprint density at radius 1 is 1.27 bits per heavy atom. The van der Waals surface area contributed by atoms with E-state index in [1.54, 1.807) is 0 Å². The van der Waals surface area contributed by atoms with Crippen LogP contribution in [-0.2, 0) is 6.54 Å². The number of nitrogens with one attached hydrogen (secondary N) is 1. The van der Waals surface area contributed by atoms with Crippen molar-refractivity contribution in [3.63, 3.8) is 0 Å². The summed E-state index contributed by atoms with van der Waals surface area (Å²) in [7, 11) is 0. The molecule has 0 bridgehead atoms. The Kier molecular flexibility index (Phi) is 5.36. The highest BCUT2D eigenvalue weighted by atomic mass is 32.1. The van der Waals surface area contributed by atoms with Crippen LogP contribution in [0.1, 0.15) is 64.8 Å². The van der Waals surface area contributed by atoms with Gasteiger partial charge in [0, 0.05) is 28.9 Å². The Labute approximate surface area is 158 Å². The molecule has 3 heterocycles. The van der Waals surface area contributed by atoms with E-state index in [0.717, 1.165) is 45.3 Å². The lowest BCUT2D eigenvalue weighted by Gasteiger charge is -2.32. The number of aromatic nitrogens is 3. The van der Waals surface area contributed by atoms with E-state index in [0.29, 0.717) is 17.8 Å². The van der Waals surface area contributed by atoms with Gasteiger partial charge >= 0.3 is 0 Å². The third-order valence-corrected chi connectivity index (χ3v) is 6.45. The topological polar surface area (TPSA) is 63.1 Å². The third kappa shape index (κ3) is 4.15. The van der Waals surface area contributed by atoms with E-state index >= 15 is 0 Å². The molecule has 2 aromatic rings. The number of carbonyl (C=O) groups is 1. The minimum Gasteiger partial charge on any atom is -0.348 e. The van der Waals surface area contributed by atoms with Crippen molar-refractivity contribution < 1.29 is 4.79 Å². The van der Waals surface area contributed by atoms with Gasteiger partial charge in [-0.2, -0.15) is 0 Å². The van der Waals surface area contributed by atoms with Crippen LogP contribution in [0.15, 0.2) is 18.3 Å². The first-order valence-corrected chi connectivity index (χ1v) is 10.5. The molecule has 1 unspecified atom stereocenters. The van der Waals surface area contributed by atoms with Crippen LogP contribution < -0.4 is 5.32 Å². The first-order valence-electron chi connectivity index (χ1n) is 9.68. The van der Waals surface area contributed by atoms with Crippen LogP contribution in [-0.4, -0.2) is 44.9 Å². The lowest BCUT2D eigenvalue weighted by Crippen LogP contribution is -2.36. The number of hydrogen-bond donors (Lipinski definition) is 1. The molecule has 1 amide bonds. The molecule has 1 atom stereocenters. The van der Waals surface area contributed by atoms with Gasteiger partial charge in [0.15, 0.2) is 5.69 Å². The van der Waals surface area contributed by atoms with Gasteiger partial charge in [-0.25, -0.2) is 4.68 Å². The Hall–Kier alpha value is -1.73. The second kappa shape index (κ2) is 7.88. The summed E-state index contributed by atoms with van der Waals surface area (Å²) < 4.78 is 1.90. The van der Waals surface area contributed by atoms with E-state index in [1.165, 1.54) is 22.6 Å². The molecule has 1 saturated carbocycles. The van der Waals surface area contributed by atoms with Gasteiger partial charge in [-0.15, -0.1) is 16.4 Å². The number of amides is 1. The molecule has 0 spiro atoms. The van der Waals surface area contributed by atoms with Crippen LogP contribution in [0.25, 0.3) is 0 Å². The normalized spacial score (nSPS) is 22.0. The highest BCUT2D eigenvalue weighted by Crippen LogP contribution is 2.24. The van der Waals surface area contributed by atoms with Gasteiger partial charge in [-0.3, -0.25) is 9.69 Å². The summed E-state index contributed by atoms with van der Waals surface area (Å²) in [4.78, 5) is 17.6. The van der Waals surface area contributed by atoms with E-state index in [1.807, 2.05) is 22.2 Å². The molecular weight excluding hydrogens is 346 g/mol.